The molecule has 1 fully saturated rings. The molecular weight excluding hydrogens is 306 g/mol. The molecule has 0 saturated carbocycles. The van der Waals surface area contributed by atoms with Crippen LogP contribution in [-0.2, 0) is 11.3 Å². The third-order valence-electron chi connectivity index (χ3n) is 4.58. The van der Waals surface area contributed by atoms with Gasteiger partial charge in [-0.05, 0) is 39.5 Å². The van der Waals surface area contributed by atoms with E-state index < -0.39 is 11.4 Å². The van der Waals surface area contributed by atoms with E-state index in [0.29, 0.717) is 30.4 Å². The number of hydrogen-bond acceptors (Lipinski definition) is 3. The number of carboxylic acids is 1. The van der Waals surface area contributed by atoms with Gasteiger partial charge in [0, 0.05) is 19.6 Å². The minimum Gasteiger partial charge on any atom is -0.481 e. The molecule has 6 nitrogen and oxygen atoms in total. The number of carbonyl (C=O) groups excluding carboxylic acids is 1. The van der Waals surface area contributed by atoms with Crippen molar-refractivity contribution in [3.05, 3.63) is 16.9 Å². The fraction of sp³-hybridized carbons (Fsp3) is 0.667. The molecule has 7 heteroatoms. The maximum absolute atomic E-state index is 12.7. The predicted octanol–water partition coefficient (Wildman–Crippen LogP) is 2.52. The van der Waals surface area contributed by atoms with Crippen LogP contribution in [0.4, 0.5) is 0 Å². The van der Waals surface area contributed by atoms with Crippen LogP contribution in [0, 0.1) is 11.3 Å². The number of aromatic nitrogens is 2. The third-order valence-corrected chi connectivity index (χ3v) is 4.85. The van der Waals surface area contributed by atoms with Crippen molar-refractivity contribution >= 4 is 23.5 Å². The van der Waals surface area contributed by atoms with Crippen LogP contribution >= 0.6 is 11.6 Å². The van der Waals surface area contributed by atoms with Crippen LogP contribution in [0.15, 0.2) is 6.20 Å². The summed E-state index contributed by atoms with van der Waals surface area (Å²) in [5, 5.41) is 13.8. The topological polar surface area (TPSA) is 75.4 Å². The van der Waals surface area contributed by atoms with Gasteiger partial charge in [0.25, 0.3) is 5.91 Å². The second-order valence-electron chi connectivity index (χ2n) is 6.27. The number of carboxylic acid groups (broad SMARTS) is 1. The van der Waals surface area contributed by atoms with E-state index in [2.05, 4.69) is 5.10 Å². The number of amides is 1. The predicted molar refractivity (Wildman–Crippen MR) is 83.0 cm³/mol. The summed E-state index contributed by atoms with van der Waals surface area (Å²) in [6.07, 6.45) is 3.08. The lowest BCUT2D eigenvalue weighted by Crippen LogP contribution is -2.47. The van der Waals surface area contributed by atoms with E-state index in [1.807, 2.05) is 6.92 Å². The first-order valence-corrected chi connectivity index (χ1v) is 7.90. The molecule has 1 aromatic heterocycles. The summed E-state index contributed by atoms with van der Waals surface area (Å²) in [7, 11) is 0. The Bertz CT molecular complexity index is 583. The number of aryl methyl sites for hydroxylation is 1. The number of piperidine rings is 1. The molecule has 2 heterocycles. The molecule has 1 unspecified atom stereocenters. The number of hydrogen-bond donors (Lipinski definition) is 1. The molecule has 1 N–H and O–H groups in total. The van der Waals surface area contributed by atoms with Gasteiger partial charge >= 0.3 is 5.97 Å². The van der Waals surface area contributed by atoms with Gasteiger partial charge < -0.3 is 10.0 Å². The van der Waals surface area contributed by atoms with Crippen molar-refractivity contribution in [2.45, 2.75) is 40.2 Å². The zero-order valence-electron chi connectivity index (χ0n) is 13.2. The van der Waals surface area contributed by atoms with Crippen molar-refractivity contribution in [2.75, 3.05) is 13.1 Å². The van der Waals surface area contributed by atoms with Crippen molar-refractivity contribution in [1.29, 1.82) is 0 Å². The van der Waals surface area contributed by atoms with E-state index in [1.54, 1.807) is 23.4 Å². The van der Waals surface area contributed by atoms with Crippen LogP contribution < -0.4 is 0 Å². The summed E-state index contributed by atoms with van der Waals surface area (Å²) < 4.78 is 1.58. The Morgan fingerprint density at radius 3 is 2.77 bits per heavy atom. The van der Waals surface area contributed by atoms with Gasteiger partial charge in [-0.3, -0.25) is 14.3 Å². The summed E-state index contributed by atoms with van der Waals surface area (Å²) in [5.74, 6) is -1.07. The summed E-state index contributed by atoms with van der Waals surface area (Å²) >= 11 is 6.09. The van der Waals surface area contributed by atoms with Crippen LogP contribution in [0.3, 0.4) is 0 Å². The normalized spacial score (nSPS) is 19.3. The van der Waals surface area contributed by atoms with Crippen LogP contribution in [0.2, 0.25) is 5.02 Å². The minimum absolute atomic E-state index is 0.0699. The monoisotopic (exact) mass is 327 g/mol. The first-order valence-electron chi connectivity index (χ1n) is 7.53. The van der Waals surface area contributed by atoms with Crippen LogP contribution in [0.25, 0.3) is 0 Å². The van der Waals surface area contributed by atoms with Crippen LogP contribution in [-0.4, -0.2) is 44.8 Å². The highest BCUT2D eigenvalue weighted by atomic mass is 35.5. The number of carbonyl (C=O) groups is 2. The van der Waals surface area contributed by atoms with Crippen molar-refractivity contribution in [2.24, 2.45) is 11.3 Å². The summed E-state index contributed by atoms with van der Waals surface area (Å²) in [4.78, 5) is 25.9. The SMILES string of the molecule is CCn1ncc(Cl)c1C(=O)N1CCCC(C(C)(C)C(=O)O)C1. The van der Waals surface area contributed by atoms with Gasteiger partial charge in [-0.25, -0.2) is 0 Å². The average molecular weight is 328 g/mol. The van der Waals surface area contributed by atoms with E-state index >= 15 is 0 Å². The van der Waals surface area contributed by atoms with Crippen LogP contribution in [0.5, 0.6) is 0 Å². The Balaban J connectivity index is 2.21. The van der Waals surface area contributed by atoms with Gasteiger partial charge in [0.05, 0.1) is 16.6 Å². The Morgan fingerprint density at radius 1 is 1.50 bits per heavy atom. The van der Waals surface area contributed by atoms with Crippen molar-refractivity contribution in [1.82, 2.24) is 14.7 Å². The molecule has 1 aliphatic heterocycles. The molecule has 22 heavy (non-hydrogen) atoms. The highest BCUT2D eigenvalue weighted by molar-refractivity contribution is 6.33. The zero-order valence-corrected chi connectivity index (χ0v) is 13.9. The number of nitrogens with zero attached hydrogens (tertiary/aromatic N) is 3. The van der Waals surface area contributed by atoms with Crippen molar-refractivity contribution in [3.8, 4) is 0 Å². The summed E-state index contributed by atoms with van der Waals surface area (Å²) in [6, 6.07) is 0. The van der Waals surface area contributed by atoms with Gasteiger partial charge in [0.15, 0.2) is 0 Å². The molecule has 1 aromatic rings. The fourth-order valence-corrected chi connectivity index (χ4v) is 3.11. The van der Waals surface area contributed by atoms with Gasteiger partial charge in [0.2, 0.25) is 0 Å². The van der Waals surface area contributed by atoms with Gasteiger partial charge in [-0.15, -0.1) is 0 Å². The maximum atomic E-state index is 12.7. The van der Waals surface area contributed by atoms with Gasteiger partial charge in [-0.1, -0.05) is 11.6 Å². The quantitative estimate of drug-likeness (QED) is 0.922. The zero-order chi connectivity index (χ0) is 16.5. The number of aliphatic carboxylic acids is 1. The molecule has 0 bridgehead atoms. The summed E-state index contributed by atoms with van der Waals surface area (Å²) in [5.41, 5.74) is -0.466. The van der Waals surface area contributed by atoms with Gasteiger partial charge in [-0.2, -0.15) is 5.10 Å². The van der Waals surface area contributed by atoms with Crippen molar-refractivity contribution < 1.29 is 14.7 Å². The van der Waals surface area contributed by atoms with Gasteiger partial charge in [0.1, 0.15) is 5.69 Å². The molecule has 2 rings (SSSR count). The molecule has 1 saturated heterocycles. The first-order chi connectivity index (χ1) is 10.3. The minimum atomic E-state index is -0.853. The third kappa shape index (κ3) is 2.97. The van der Waals surface area contributed by atoms with Crippen molar-refractivity contribution in [3.63, 3.8) is 0 Å². The highest BCUT2D eigenvalue weighted by Crippen LogP contribution is 2.35. The number of halogens is 1. The average Bonchev–Trinajstić information content (AvgIpc) is 2.87. The molecular formula is C15H22ClN3O3. The smallest absolute Gasteiger partial charge is 0.309 e. The highest BCUT2D eigenvalue weighted by Gasteiger charge is 2.40. The summed E-state index contributed by atoms with van der Waals surface area (Å²) in [6.45, 7) is 6.95. The van der Waals surface area contributed by atoms with E-state index in [1.165, 1.54) is 6.20 Å². The number of likely N-dealkylation sites (tertiary alicyclic amines) is 1. The Hall–Kier alpha value is -1.56. The van der Waals surface area contributed by atoms with E-state index in [-0.39, 0.29) is 11.8 Å². The molecule has 1 amide bonds. The van der Waals surface area contributed by atoms with Crippen LogP contribution in [0.1, 0.15) is 44.1 Å². The molecule has 0 aromatic carbocycles. The maximum Gasteiger partial charge on any atom is 0.309 e. The molecule has 122 valence electrons. The largest absolute Gasteiger partial charge is 0.481 e. The first kappa shape index (κ1) is 16.8. The Labute approximate surface area is 135 Å². The Morgan fingerprint density at radius 2 is 2.18 bits per heavy atom. The van der Waals surface area contributed by atoms with E-state index in [9.17, 15) is 14.7 Å². The lowest BCUT2D eigenvalue weighted by atomic mass is 9.74. The van der Waals surface area contributed by atoms with E-state index in [0.717, 1.165) is 12.8 Å². The molecule has 1 atom stereocenters. The second kappa shape index (κ2) is 6.28. The van der Waals surface area contributed by atoms with E-state index in [4.69, 9.17) is 11.6 Å². The Kier molecular flexibility index (Phi) is 4.80. The molecule has 1 aliphatic rings. The lowest BCUT2D eigenvalue weighted by Gasteiger charge is -2.39. The lowest BCUT2D eigenvalue weighted by molar-refractivity contribution is -0.151. The number of rotatable bonds is 4. The molecule has 0 aliphatic carbocycles. The standard InChI is InChI=1S/C15H22ClN3O3/c1-4-19-12(11(16)8-17-19)13(20)18-7-5-6-10(9-18)15(2,3)14(21)22/h8,10H,4-7,9H2,1-3H3,(H,21,22). The molecule has 0 radical (unpaired) electrons. The molecule has 0 spiro atoms. The second-order valence-corrected chi connectivity index (χ2v) is 6.68. The fourth-order valence-electron chi connectivity index (χ4n) is 2.89.